The second kappa shape index (κ2) is 8.62. The van der Waals surface area contributed by atoms with Crippen molar-refractivity contribution >= 4 is 17.5 Å². The van der Waals surface area contributed by atoms with Crippen molar-refractivity contribution in [3.63, 3.8) is 0 Å². The van der Waals surface area contributed by atoms with E-state index < -0.39 is 0 Å². The predicted molar refractivity (Wildman–Crippen MR) is 110 cm³/mol. The second-order valence-corrected chi connectivity index (χ2v) is 8.45. The molecule has 2 aromatic rings. The Bertz CT molecular complexity index is 828. The van der Waals surface area contributed by atoms with Crippen LogP contribution in [0.15, 0.2) is 24.3 Å². The number of aromatic nitrogens is 3. The van der Waals surface area contributed by atoms with E-state index in [1.807, 2.05) is 31.2 Å². The first-order valence-corrected chi connectivity index (χ1v) is 10.7. The number of hydrogen-bond acceptors (Lipinski definition) is 4. The van der Waals surface area contributed by atoms with Crippen molar-refractivity contribution in [1.82, 2.24) is 25.2 Å². The molecule has 0 unspecified atom stereocenters. The van der Waals surface area contributed by atoms with Crippen molar-refractivity contribution in [1.29, 1.82) is 0 Å². The summed E-state index contributed by atoms with van der Waals surface area (Å²) in [4.78, 5) is 15.4. The summed E-state index contributed by atoms with van der Waals surface area (Å²) >= 11 is 6.07. The molecule has 1 atom stereocenters. The molecule has 1 aromatic heterocycles. The Morgan fingerprint density at radius 3 is 2.71 bits per heavy atom. The molecular weight excluding hydrogens is 374 g/mol. The zero-order valence-corrected chi connectivity index (χ0v) is 17.2. The molecular formula is C21H28ClN5O. The average Bonchev–Trinajstić information content (AvgIpc) is 3.19. The lowest BCUT2D eigenvalue weighted by atomic mass is 10.1. The number of amides is 1. The minimum Gasteiger partial charge on any atom is -0.347 e. The summed E-state index contributed by atoms with van der Waals surface area (Å²) in [7, 11) is 0. The molecule has 1 aliphatic carbocycles. The van der Waals surface area contributed by atoms with Gasteiger partial charge < -0.3 is 5.32 Å². The zero-order valence-electron chi connectivity index (χ0n) is 16.4. The van der Waals surface area contributed by atoms with Crippen LogP contribution in [0.2, 0.25) is 5.02 Å². The Morgan fingerprint density at radius 2 is 1.96 bits per heavy atom. The van der Waals surface area contributed by atoms with E-state index in [0.717, 1.165) is 30.9 Å². The first kappa shape index (κ1) is 19.4. The molecule has 2 aliphatic rings. The van der Waals surface area contributed by atoms with Crippen molar-refractivity contribution in [2.75, 3.05) is 13.1 Å². The van der Waals surface area contributed by atoms with Crippen molar-refractivity contribution in [2.24, 2.45) is 0 Å². The van der Waals surface area contributed by atoms with Crippen LogP contribution in [-0.2, 0) is 0 Å². The van der Waals surface area contributed by atoms with Gasteiger partial charge in [0, 0.05) is 30.2 Å². The van der Waals surface area contributed by atoms with Gasteiger partial charge in [-0.25, -0.2) is 4.68 Å². The Morgan fingerprint density at radius 1 is 1.18 bits per heavy atom. The van der Waals surface area contributed by atoms with E-state index in [9.17, 15) is 4.79 Å². The molecule has 0 bridgehead atoms. The van der Waals surface area contributed by atoms with Gasteiger partial charge >= 0.3 is 0 Å². The van der Waals surface area contributed by atoms with E-state index in [4.69, 9.17) is 11.6 Å². The third kappa shape index (κ3) is 4.23. The first-order chi connectivity index (χ1) is 13.6. The summed E-state index contributed by atoms with van der Waals surface area (Å²) in [6.45, 7) is 3.88. The minimum atomic E-state index is -0.140. The van der Waals surface area contributed by atoms with Gasteiger partial charge in [-0.15, -0.1) is 5.10 Å². The van der Waals surface area contributed by atoms with Crippen LogP contribution in [0, 0.1) is 6.92 Å². The first-order valence-electron chi connectivity index (χ1n) is 10.3. The number of benzene rings is 1. The Balaban J connectivity index is 1.39. The van der Waals surface area contributed by atoms with Crippen LogP contribution >= 0.6 is 11.6 Å². The maximum absolute atomic E-state index is 12.8. The highest BCUT2D eigenvalue weighted by Gasteiger charge is 2.30. The van der Waals surface area contributed by atoms with Crippen molar-refractivity contribution in [2.45, 2.75) is 64.0 Å². The quantitative estimate of drug-likeness (QED) is 0.792. The van der Waals surface area contributed by atoms with E-state index in [-0.39, 0.29) is 11.9 Å². The number of hydrogen-bond donors (Lipinski definition) is 1. The number of nitrogens with one attached hydrogen (secondary N) is 1. The van der Waals surface area contributed by atoms with Crippen molar-refractivity contribution in [3.8, 4) is 5.69 Å². The molecule has 0 radical (unpaired) electrons. The number of carbonyl (C=O) groups is 1. The lowest BCUT2D eigenvalue weighted by Gasteiger charge is -2.26. The molecule has 2 heterocycles. The molecule has 28 heavy (non-hydrogen) atoms. The molecule has 1 aromatic carbocycles. The van der Waals surface area contributed by atoms with Gasteiger partial charge in [0.25, 0.3) is 5.91 Å². The SMILES string of the molecule is Cc1c(C(=O)N[C@@H]2CCN(C3CCCCCC3)C2)nnn1-c1cccc(Cl)c1. The zero-order chi connectivity index (χ0) is 19.5. The smallest absolute Gasteiger partial charge is 0.274 e. The highest BCUT2D eigenvalue weighted by Crippen LogP contribution is 2.25. The number of carbonyl (C=O) groups excluding carboxylic acids is 1. The molecule has 6 nitrogen and oxygen atoms in total. The van der Waals surface area contributed by atoms with Crippen LogP contribution in [0.25, 0.3) is 5.69 Å². The molecule has 4 rings (SSSR count). The molecule has 7 heteroatoms. The summed E-state index contributed by atoms with van der Waals surface area (Å²) in [6.07, 6.45) is 9.01. The fourth-order valence-corrected chi connectivity index (χ4v) is 4.69. The standard InChI is InChI=1S/C21H28ClN5O/c1-15-20(24-25-27(15)19-10-6-7-16(22)13-19)21(28)23-17-11-12-26(14-17)18-8-4-2-3-5-9-18/h6-7,10,13,17-18H,2-5,8-9,11-12,14H2,1H3,(H,23,28)/t17-/m1/s1. The lowest BCUT2D eigenvalue weighted by molar-refractivity contribution is 0.0930. The maximum atomic E-state index is 12.8. The molecule has 1 saturated heterocycles. The molecule has 1 aliphatic heterocycles. The lowest BCUT2D eigenvalue weighted by Crippen LogP contribution is -2.40. The molecule has 1 saturated carbocycles. The van der Waals surface area contributed by atoms with Gasteiger partial charge in [0.2, 0.25) is 0 Å². The van der Waals surface area contributed by atoms with E-state index in [1.54, 1.807) is 4.68 Å². The number of likely N-dealkylation sites (tertiary alicyclic amines) is 1. The van der Waals surface area contributed by atoms with E-state index in [0.29, 0.717) is 16.8 Å². The summed E-state index contributed by atoms with van der Waals surface area (Å²) in [5.74, 6) is -0.140. The summed E-state index contributed by atoms with van der Waals surface area (Å²) in [5.41, 5.74) is 1.91. The monoisotopic (exact) mass is 401 g/mol. The molecule has 1 amide bonds. The molecule has 2 fully saturated rings. The van der Waals surface area contributed by atoms with Gasteiger partial charge in [0.05, 0.1) is 11.4 Å². The number of nitrogens with zero attached hydrogens (tertiary/aromatic N) is 4. The van der Waals surface area contributed by atoms with Gasteiger partial charge in [0.15, 0.2) is 5.69 Å². The summed E-state index contributed by atoms with van der Waals surface area (Å²) in [5, 5.41) is 12.1. The van der Waals surface area contributed by atoms with Crippen LogP contribution < -0.4 is 5.32 Å². The summed E-state index contributed by atoms with van der Waals surface area (Å²) < 4.78 is 1.66. The van der Waals surface area contributed by atoms with Gasteiger partial charge in [-0.05, 0) is 44.4 Å². The predicted octanol–water partition coefficient (Wildman–Crippen LogP) is 3.76. The fourth-order valence-electron chi connectivity index (χ4n) is 4.51. The highest BCUT2D eigenvalue weighted by molar-refractivity contribution is 6.30. The number of rotatable bonds is 4. The third-order valence-electron chi connectivity index (χ3n) is 6.06. The maximum Gasteiger partial charge on any atom is 0.274 e. The van der Waals surface area contributed by atoms with Gasteiger partial charge in [-0.3, -0.25) is 9.69 Å². The Kier molecular flexibility index (Phi) is 5.97. The van der Waals surface area contributed by atoms with E-state index in [1.165, 1.54) is 38.5 Å². The van der Waals surface area contributed by atoms with Crippen LogP contribution in [-0.4, -0.2) is 51.0 Å². The largest absolute Gasteiger partial charge is 0.347 e. The third-order valence-corrected chi connectivity index (χ3v) is 6.29. The minimum absolute atomic E-state index is 0.140. The molecule has 150 valence electrons. The van der Waals surface area contributed by atoms with E-state index >= 15 is 0 Å². The van der Waals surface area contributed by atoms with Gasteiger partial charge in [-0.1, -0.05) is 48.6 Å². The average molecular weight is 402 g/mol. The fraction of sp³-hybridized carbons (Fsp3) is 0.571. The molecule has 0 spiro atoms. The Labute approximate surface area is 171 Å². The van der Waals surface area contributed by atoms with Crippen molar-refractivity contribution in [3.05, 3.63) is 40.7 Å². The van der Waals surface area contributed by atoms with E-state index in [2.05, 4.69) is 20.5 Å². The van der Waals surface area contributed by atoms with Crippen LogP contribution in [0.1, 0.15) is 61.1 Å². The van der Waals surface area contributed by atoms with Gasteiger partial charge in [-0.2, -0.15) is 0 Å². The van der Waals surface area contributed by atoms with Crippen molar-refractivity contribution < 1.29 is 4.79 Å². The normalized spacial score (nSPS) is 21.6. The highest BCUT2D eigenvalue weighted by atomic mass is 35.5. The number of halogens is 1. The van der Waals surface area contributed by atoms with Gasteiger partial charge in [0.1, 0.15) is 0 Å². The molecule has 1 N–H and O–H groups in total. The Hall–Kier alpha value is -1.92. The van der Waals surface area contributed by atoms with Crippen LogP contribution in [0.4, 0.5) is 0 Å². The van der Waals surface area contributed by atoms with Crippen LogP contribution in [0.5, 0.6) is 0 Å². The van der Waals surface area contributed by atoms with Crippen LogP contribution in [0.3, 0.4) is 0 Å². The summed E-state index contributed by atoms with van der Waals surface area (Å²) in [6, 6.07) is 8.26. The topological polar surface area (TPSA) is 63.1 Å². The second-order valence-electron chi connectivity index (χ2n) is 8.01.